The van der Waals surface area contributed by atoms with Crippen LogP contribution in [0.4, 0.5) is 0 Å². The molecule has 1 aliphatic rings. The van der Waals surface area contributed by atoms with Crippen LogP contribution >= 0.6 is 0 Å². The molecule has 0 atom stereocenters. The summed E-state index contributed by atoms with van der Waals surface area (Å²) >= 11 is 0. The van der Waals surface area contributed by atoms with E-state index in [1.807, 2.05) is 32.0 Å². The van der Waals surface area contributed by atoms with E-state index in [4.69, 9.17) is 14.6 Å². The summed E-state index contributed by atoms with van der Waals surface area (Å²) in [6, 6.07) is 5.80. The fourth-order valence-electron chi connectivity index (χ4n) is 1.93. The molecule has 0 fully saturated rings. The van der Waals surface area contributed by atoms with Crippen LogP contribution in [0.1, 0.15) is 19.4 Å². The third-order valence-electron chi connectivity index (χ3n) is 2.77. The zero-order valence-electron chi connectivity index (χ0n) is 10.5. The molecular weight excluding hydrogens is 232 g/mol. The Bertz CT molecular complexity index is 489. The highest BCUT2D eigenvalue weighted by molar-refractivity contribution is 5.79. The molecule has 1 aromatic rings. The van der Waals surface area contributed by atoms with Crippen molar-refractivity contribution in [2.45, 2.75) is 20.3 Å². The Morgan fingerprint density at radius 2 is 2.11 bits per heavy atom. The number of rotatable bonds is 4. The monoisotopic (exact) mass is 248 g/mol. The normalized spacial score (nSPS) is 14.1. The second kappa shape index (κ2) is 4.72. The van der Waals surface area contributed by atoms with Crippen molar-refractivity contribution in [3.05, 3.63) is 35.9 Å². The minimum absolute atomic E-state index is 0.216. The molecule has 0 unspecified atom stereocenters. The Balaban J connectivity index is 2.11. The van der Waals surface area contributed by atoms with E-state index in [0.717, 1.165) is 23.5 Å². The van der Waals surface area contributed by atoms with Gasteiger partial charge in [-0.25, -0.2) is 4.79 Å². The molecule has 1 aromatic carbocycles. The van der Waals surface area contributed by atoms with E-state index in [1.165, 1.54) is 6.08 Å². The fraction of sp³-hybridized carbons (Fsp3) is 0.357. The molecule has 0 aromatic heterocycles. The van der Waals surface area contributed by atoms with Gasteiger partial charge in [-0.05, 0) is 29.5 Å². The average Bonchev–Trinajstić information content (AvgIpc) is 2.73. The minimum atomic E-state index is -0.922. The number of carbonyl (C=O) groups is 1. The summed E-state index contributed by atoms with van der Waals surface area (Å²) in [5.41, 5.74) is 0.880. The topological polar surface area (TPSA) is 55.8 Å². The number of benzene rings is 1. The molecule has 18 heavy (non-hydrogen) atoms. The minimum Gasteiger partial charge on any atom is -0.478 e. The highest BCUT2D eigenvalue weighted by Gasteiger charge is 2.18. The molecule has 0 amide bonds. The van der Waals surface area contributed by atoms with Crippen LogP contribution in [0, 0.1) is 5.41 Å². The number of carboxylic acid groups (broad SMARTS) is 1. The zero-order chi connectivity index (χ0) is 13.2. The number of carboxylic acids is 1. The van der Waals surface area contributed by atoms with Crippen molar-refractivity contribution < 1.29 is 19.4 Å². The number of allylic oxidation sites excluding steroid dienone is 1. The smallest absolute Gasteiger partial charge is 0.327 e. The van der Waals surface area contributed by atoms with E-state index in [1.54, 1.807) is 6.08 Å². The quantitative estimate of drug-likeness (QED) is 0.832. The molecule has 96 valence electrons. The molecule has 0 saturated heterocycles. The first kappa shape index (κ1) is 12.5. The number of fused-ring (bicyclic) bond motifs is 1. The van der Waals surface area contributed by atoms with Gasteiger partial charge in [0.25, 0.3) is 0 Å². The van der Waals surface area contributed by atoms with Gasteiger partial charge in [0.1, 0.15) is 0 Å². The van der Waals surface area contributed by atoms with E-state index < -0.39 is 5.97 Å². The van der Waals surface area contributed by atoms with Gasteiger partial charge in [-0.15, -0.1) is 0 Å². The molecule has 1 aliphatic heterocycles. The molecule has 0 saturated carbocycles. The molecule has 1 N–H and O–H groups in total. The van der Waals surface area contributed by atoms with Gasteiger partial charge in [-0.1, -0.05) is 26.0 Å². The van der Waals surface area contributed by atoms with Crippen molar-refractivity contribution in [3.63, 3.8) is 0 Å². The van der Waals surface area contributed by atoms with Crippen LogP contribution in [-0.4, -0.2) is 17.9 Å². The maximum Gasteiger partial charge on any atom is 0.327 e. The summed E-state index contributed by atoms with van der Waals surface area (Å²) in [5, 5.41) is 8.65. The maximum atomic E-state index is 10.5. The standard InChI is InChI=1S/C14H16O4/c1-14(2,6-5-13(15)16)8-10-3-4-11-12(7-10)18-9-17-11/h3-7H,8-9H2,1-2H3,(H,15,16)/b6-5+. The number of aliphatic carboxylic acids is 1. The summed E-state index contributed by atoms with van der Waals surface area (Å²) in [4.78, 5) is 10.5. The van der Waals surface area contributed by atoms with E-state index in [2.05, 4.69) is 0 Å². The van der Waals surface area contributed by atoms with Crippen molar-refractivity contribution in [2.24, 2.45) is 5.41 Å². The second-order valence-corrected chi connectivity index (χ2v) is 5.02. The SMILES string of the molecule is CC(C)(/C=C/C(=O)O)Cc1ccc2c(c1)OCO2. The lowest BCUT2D eigenvalue weighted by molar-refractivity contribution is -0.131. The number of ether oxygens (including phenoxy) is 2. The second-order valence-electron chi connectivity index (χ2n) is 5.02. The Kier molecular flexibility index (Phi) is 3.28. The summed E-state index contributed by atoms with van der Waals surface area (Å²) in [5.74, 6) is 0.594. The molecule has 0 spiro atoms. The van der Waals surface area contributed by atoms with Crippen LogP contribution in [-0.2, 0) is 11.2 Å². The maximum absolute atomic E-state index is 10.5. The highest BCUT2D eigenvalue weighted by Crippen LogP contribution is 2.34. The van der Waals surface area contributed by atoms with Gasteiger partial charge in [0.05, 0.1) is 0 Å². The van der Waals surface area contributed by atoms with Crippen molar-refractivity contribution in [3.8, 4) is 11.5 Å². The van der Waals surface area contributed by atoms with Crippen molar-refractivity contribution >= 4 is 5.97 Å². The van der Waals surface area contributed by atoms with E-state index in [9.17, 15) is 4.79 Å². The molecule has 0 aliphatic carbocycles. The summed E-state index contributed by atoms with van der Waals surface area (Å²) in [6.07, 6.45) is 3.64. The molecule has 4 nitrogen and oxygen atoms in total. The molecule has 4 heteroatoms. The highest BCUT2D eigenvalue weighted by atomic mass is 16.7. The predicted octanol–water partition coefficient (Wildman–Crippen LogP) is 2.62. The molecule has 2 rings (SSSR count). The van der Waals surface area contributed by atoms with Crippen LogP contribution in [0.25, 0.3) is 0 Å². The van der Waals surface area contributed by atoms with Gasteiger partial charge in [-0.2, -0.15) is 0 Å². The largest absolute Gasteiger partial charge is 0.478 e. The Hall–Kier alpha value is -1.97. The third kappa shape index (κ3) is 3.03. The van der Waals surface area contributed by atoms with Crippen LogP contribution in [0.2, 0.25) is 0 Å². The van der Waals surface area contributed by atoms with Crippen LogP contribution in [0.5, 0.6) is 11.5 Å². The summed E-state index contributed by atoms with van der Waals surface area (Å²) in [7, 11) is 0. The molecule has 0 bridgehead atoms. The van der Waals surface area contributed by atoms with Crippen LogP contribution < -0.4 is 9.47 Å². The van der Waals surface area contributed by atoms with Crippen LogP contribution in [0.3, 0.4) is 0 Å². The molecule has 1 heterocycles. The Morgan fingerprint density at radius 1 is 1.39 bits per heavy atom. The molecule has 0 radical (unpaired) electrons. The van der Waals surface area contributed by atoms with Gasteiger partial charge in [0.2, 0.25) is 6.79 Å². The molecular formula is C14H16O4. The van der Waals surface area contributed by atoms with Crippen molar-refractivity contribution in [2.75, 3.05) is 6.79 Å². The summed E-state index contributed by atoms with van der Waals surface area (Å²) < 4.78 is 10.6. The number of hydrogen-bond acceptors (Lipinski definition) is 3. The van der Waals surface area contributed by atoms with Crippen molar-refractivity contribution in [1.82, 2.24) is 0 Å². The van der Waals surface area contributed by atoms with Gasteiger partial charge in [0, 0.05) is 6.08 Å². The number of hydrogen-bond donors (Lipinski definition) is 1. The fourth-order valence-corrected chi connectivity index (χ4v) is 1.93. The lowest BCUT2D eigenvalue weighted by Gasteiger charge is -2.20. The lowest BCUT2D eigenvalue weighted by atomic mass is 9.85. The first-order valence-corrected chi connectivity index (χ1v) is 5.77. The van der Waals surface area contributed by atoms with Gasteiger partial charge in [-0.3, -0.25) is 0 Å². The van der Waals surface area contributed by atoms with E-state index in [-0.39, 0.29) is 12.2 Å². The predicted molar refractivity (Wildman–Crippen MR) is 66.8 cm³/mol. The first-order chi connectivity index (χ1) is 8.46. The Morgan fingerprint density at radius 3 is 2.83 bits per heavy atom. The van der Waals surface area contributed by atoms with Crippen molar-refractivity contribution in [1.29, 1.82) is 0 Å². The Labute approximate surface area is 106 Å². The van der Waals surface area contributed by atoms with E-state index in [0.29, 0.717) is 0 Å². The summed E-state index contributed by atoms with van der Waals surface area (Å²) in [6.45, 7) is 4.26. The van der Waals surface area contributed by atoms with Gasteiger partial charge < -0.3 is 14.6 Å². The average molecular weight is 248 g/mol. The van der Waals surface area contributed by atoms with E-state index >= 15 is 0 Å². The first-order valence-electron chi connectivity index (χ1n) is 5.77. The zero-order valence-corrected chi connectivity index (χ0v) is 10.5. The third-order valence-corrected chi connectivity index (χ3v) is 2.77. The lowest BCUT2D eigenvalue weighted by Crippen LogP contribution is -2.12. The van der Waals surface area contributed by atoms with Gasteiger partial charge in [0.15, 0.2) is 11.5 Å². The van der Waals surface area contributed by atoms with Crippen LogP contribution in [0.15, 0.2) is 30.4 Å². The van der Waals surface area contributed by atoms with Gasteiger partial charge >= 0.3 is 5.97 Å².